The minimum Gasteiger partial charge on any atom is -0.327 e. The molecule has 1 aliphatic heterocycles. The quantitative estimate of drug-likeness (QED) is 0.823. The Balaban J connectivity index is 1.73. The molecule has 2 saturated carbocycles. The summed E-state index contributed by atoms with van der Waals surface area (Å²) in [5, 5.41) is -0.135. The van der Waals surface area contributed by atoms with Crippen molar-refractivity contribution in [3.05, 3.63) is 0 Å². The summed E-state index contributed by atoms with van der Waals surface area (Å²) in [5.74, 6) is 1.32. The van der Waals surface area contributed by atoms with Crippen LogP contribution in [-0.2, 0) is 9.84 Å². The zero-order valence-electron chi connectivity index (χ0n) is 11.8. The van der Waals surface area contributed by atoms with E-state index in [2.05, 4.69) is 4.90 Å². The van der Waals surface area contributed by atoms with Gasteiger partial charge in [0.25, 0.3) is 0 Å². The van der Waals surface area contributed by atoms with Crippen molar-refractivity contribution in [2.75, 3.05) is 19.3 Å². The Morgan fingerprint density at radius 1 is 1.05 bits per heavy atom. The van der Waals surface area contributed by atoms with Crippen molar-refractivity contribution < 1.29 is 8.42 Å². The van der Waals surface area contributed by atoms with Crippen LogP contribution in [0, 0.1) is 11.8 Å². The van der Waals surface area contributed by atoms with Crippen molar-refractivity contribution >= 4 is 9.84 Å². The molecule has 3 rings (SSSR count). The summed E-state index contributed by atoms with van der Waals surface area (Å²) in [6, 6.07) is 0.592. The molecule has 5 atom stereocenters. The first-order chi connectivity index (χ1) is 8.97. The molecule has 2 aliphatic carbocycles. The Kier molecular flexibility index (Phi) is 3.65. The molecule has 0 radical (unpaired) electrons. The fraction of sp³-hybridized carbons (Fsp3) is 1.00. The van der Waals surface area contributed by atoms with Gasteiger partial charge in [-0.15, -0.1) is 0 Å². The summed E-state index contributed by atoms with van der Waals surface area (Å²) in [4.78, 5) is 2.46. The third kappa shape index (κ3) is 2.57. The standard InChI is InChI=1S/C14H26N2O2S/c1-19(17,18)14-7-3-6-13(14)16-8-10-4-2-5-12(15)11(10)9-16/h10-14H,2-9,15H2,1H3. The predicted molar refractivity (Wildman–Crippen MR) is 76.7 cm³/mol. The monoisotopic (exact) mass is 286 g/mol. The largest absolute Gasteiger partial charge is 0.327 e. The fourth-order valence-electron chi connectivity index (χ4n) is 4.65. The minimum absolute atomic E-state index is 0.135. The van der Waals surface area contributed by atoms with Crippen molar-refractivity contribution in [3.8, 4) is 0 Å². The number of likely N-dealkylation sites (tertiary alicyclic amines) is 1. The van der Waals surface area contributed by atoms with Crippen LogP contribution in [0.3, 0.4) is 0 Å². The highest BCUT2D eigenvalue weighted by atomic mass is 32.2. The zero-order chi connectivity index (χ0) is 13.6. The fourth-order valence-corrected chi connectivity index (χ4v) is 6.12. The smallest absolute Gasteiger partial charge is 0.151 e. The Hall–Kier alpha value is -0.130. The second-order valence-corrected chi connectivity index (χ2v) is 9.10. The molecule has 0 amide bonds. The molecule has 2 N–H and O–H groups in total. The van der Waals surface area contributed by atoms with Crippen LogP contribution in [-0.4, -0.2) is 50.0 Å². The van der Waals surface area contributed by atoms with E-state index in [4.69, 9.17) is 5.73 Å². The van der Waals surface area contributed by atoms with E-state index < -0.39 is 9.84 Å². The van der Waals surface area contributed by atoms with Gasteiger partial charge in [-0.3, -0.25) is 4.90 Å². The first kappa shape index (κ1) is 13.8. The van der Waals surface area contributed by atoms with Crippen LogP contribution in [0.25, 0.3) is 0 Å². The topological polar surface area (TPSA) is 63.4 Å². The molecular weight excluding hydrogens is 260 g/mol. The van der Waals surface area contributed by atoms with Crippen molar-refractivity contribution in [1.29, 1.82) is 0 Å². The summed E-state index contributed by atoms with van der Waals surface area (Å²) >= 11 is 0. The number of rotatable bonds is 2. The highest BCUT2D eigenvalue weighted by Crippen LogP contribution is 2.39. The van der Waals surface area contributed by atoms with Crippen molar-refractivity contribution in [2.24, 2.45) is 17.6 Å². The Bertz CT molecular complexity index is 437. The molecule has 5 heteroatoms. The number of fused-ring (bicyclic) bond motifs is 1. The highest BCUT2D eigenvalue weighted by molar-refractivity contribution is 7.91. The van der Waals surface area contributed by atoms with Gasteiger partial charge in [0.15, 0.2) is 9.84 Å². The van der Waals surface area contributed by atoms with E-state index >= 15 is 0 Å². The third-order valence-corrected chi connectivity index (χ3v) is 7.27. The molecule has 0 aromatic carbocycles. The Labute approximate surface area is 116 Å². The van der Waals surface area contributed by atoms with Crippen molar-refractivity contribution in [2.45, 2.75) is 55.9 Å². The number of hydrogen-bond acceptors (Lipinski definition) is 4. The summed E-state index contributed by atoms with van der Waals surface area (Å²) in [6.45, 7) is 2.11. The lowest BCUT2D eigenvalue weighted by molar-refractivity contribution is 0.233. The van der Waals surface area contributed by atoms with Crippen molar-refractivity contribution in [3.63, 3.8) is 0 Å². The van der Waals surface area contributed by atoms with Gasteiger partial charge in [-0.1, -0.05) is 12.8 Å². The van der Waals surface area contributed by atoms with E-state index in [0.717, 1.165) is 38.8 Å². The summed E-state index contributed by atoms with van der Waals surface area (Å²) in [7, 11) is -2.91. The van der Waals surface area contributed by atoms with E-state index in [1.807, 2.05) is 0 Å². The average Bonchev–Trinajstić information content (AvgIpc) is 2.94. The minimum atomic E-state index is -2.91. The Morgan fingerprint density at radius 3 is 2.47 bits per heavy atom. The Morgan fingerprint density at radius 2 is 1.79 bits per heavy atom. The molecule has 5 unspecified atom stereocenters. The molecule has 4 nitrogen and oxygen atoms in total. The number of nitrogens with zero attached hydrogens (tertiary/aromatic N) is 1. The first-order valence-electron chi connectivity index (χ1n) is 7.65. The maximum atomic E-state index is 11.9. The summed E-state index contributed by atoms with van der Waals surface area (Å²) < 4.78 is 23.9. The van der Waals surface area contributed by atoms with Gasteiger partial charge in [0.1, 0.15) is 0 Å². The van der Waals surface area contributed by atoms with Gasteiger partial charge in [0, 0.05) is 31.4 Å². The lowest BCUT2D eigenvalue weighted by Gasteiger charge is -2.30. The SMILES string of the molecule is CS(=O)(=O)C1CCCC1N1CC2CCCC(N)C2C1. The zero-order valence-corrected chi connectivity index (χ0v) is 12.6. The number of sulfone groups is 1. The van der Waals surface area contributed by atoms with Crippen LogP contribution >= 0.6 is 0 Å². The molecule has 3 aliphatic rings. The van der Waals surface area contributed by atoms with Gasteiger partial charge < -0.3 is 5.73 Å². The van der Waals surface area contributed by atoms with Gasteiger partial charge in [0.2, 0.25) is 0 Å². The van der Waals surface area contributed by atoms with Crippen LogP contribution < -0.4 is 5.73 Å². The molecule has 0 aromatic rings. The van der Waals surface area contributed by atoms with E-state index in [0.29, 0.717) is 17.9 Å². The van der Waals surface area contributed by atoms with Crippen LogP contribution in [0.5, 0.6) is 0 Å². The van der Waals surface area contributed by atoms with E-state index in [1.165, 1.54) is 19.1 Å². The second kappa shape index (κ2) is 5.01. The second-order valence-electron chi connectivity index (χ2n) is 6.84. The molecule has 3 fully saturated rings. The molecule has 0 aromatic heterocycles. The predicted octanol–water partition coefficient (Wildman–Crippen LogP) is 1.01. The van der Waals surface area contributed by atoms with Crippen molar-refractivity contribution in [1.82, 2.24) is 4.90 Å². The molecule has 0 spiro atoms. The lowest BCUT2D eigenvalue weighted by Crippen LogP contribution is -2.43. The lowest BCUT2D eigenvalue weighted by atomic mass is 9.78. The van der Waals surface area contributed by atoms with Gasteiger partial charge in [-0.25, -0.2) is 8.42 Å². The third-order valence-electron chi connectivity index (χ3n) is 5.62. The molecule has 1 heterocycles. The van der Waals surface area contributed by atoms with Crippen LogP contribution in [0.2, 0.25) is 0 Å². The van der Waals surface area contributed by atoms with Crippen LogP contribution in [0.1, 0.15) is 38.5 Å². The maximum Gasteiger partial charge on any atom is 0.151 e. The van der Waals surface area contributed by atoms with Crippen LogP contribution in [0.4, 0.5) is 0 Å². The van der Waals surface area contributed by atoms with E-state index in [-0.39, 0.29) is 11.3 Å². The highest BCUT2D eigenvalue weighted by Gasteiger charge is 2.45. The van der Waals surface area contributed by atoms with Gasteiger partial charge in [-0.2, -0.15) is 0 Å². The summed E-state index contributed by atoms with van der Waals surface area (Å²) in [6.07, 6.45) is 8.04. The number of hydrogen-bond donors (Lipinski definition) is 1. The molecule has 110 valence electrons. The van der Waals surface area contributed by atoms with Gasteiger partial charge >= 0.3 is 0 Å². The number of nitrogens with two attached hydrogens (primary N) is 1. The van der Waals surface area contributed by atoms with E-state index in [1.54, 1.807) is 0 Å². The van der Waals surface area contributed by atoms with Gasteiger partial charge in [0.05, 0.1) is 5.25 Å². The normalized spacial score (nSPS) is 44.4. The average molecular weight is 286 g/mol. The first-order valence-corrected chi connectivity index (χ1v) is 9.61. The molecular formula is C14H26N2O2S. The van der Waals surface area contributed by atoms with E-state index in [9.17, 15) is 8.42 Å². The molecule has 19 heavy (non-hydrogen) atoms. The summed E-state index contributed by atoms with van der Waals surface area (Å²) in [5.41, 5.74) is 6.26. The molecule has 0 bridgehead atoms. The maximum absolute atomic E-state index is 11.9. The molecule has 1 saturated heterocycles. The van der Waals surface area contributed by atoms with Crippen LogP contribution in [0.15, 0.2) is 0 Å². The van der Waals surface area contributed by atoms with Gasteiger partial charge in [-0.05, 0) is 37.5 Å².